The van der Waals surface area contributed by atoms with Crippen LogP contribution in [0.3, 0.4) is 0 Å². The van der Waals surface area contributed by atoms with Crippen LogP contribution in [0, 0.1) is 11.3 Å². The van der Waals surface area contributed by atoms with Crippen LogP contribution in [0.2, 0.25) is 0 Å². The standard InChI is InChI=1S/C21H27N3O3/c1-14(24-12-16-5-4-9-21(16,13-24)20(26)27)19(25)22-10-8-15-11-23-18-7-3-2-6-17(15)18/h2-3,6-7,11,14,16,23H,4-5,8-10,12-13H2,1H3,(H,22,25)(H,26,27)/t14?,16-,21+/m0/s1. The maximum Gasteiger partial charge on any atom is 0.311 e. The second-order valence-corrected chi connectivity index (χ2v) is 8.06. The van der Waals surface area contributed by atoms with E-state index in [1.54, 1.807) is 0 Å². The molecule has 144 valence electrons. The number of rotatable bonds is 6. The third kappa shape index (κ3) is 3.12. The van der Waals surface area contributed by atoms with Gasteiger partial charge in [0.1, 0.15) is 0 Å². The number of aliphatic carboxylic acids is 1. The fourth-order valence-corrected chi connectivity index (χ4v) is 4.95. The predicted molar refractivity (Wildman–Crippen MR) is 103 cm³/mol. The number of carbonyl (C=O) groups excluding carboxylic acids is 1. The number of carboxylic acids is 1. The molecule has 2 fully saturated rings. The molecular weight excluding hydrogens is 342 g/mol. The van der Waals surface area contributed by atoms with Crippen molar-refractivity contribution in [3.8, 4) is 0 Å². The molecule has 1 amide bonds. The van der Waals surface area contributed by atoms with E-state index in [4.69, 9.17) is 0 Å². The molecule has 2 heterocycles. The van der Waals surface area contributed by atoms with Gasteiger partial charge in [-0.25, -0.2) is 0 Å². The summed E-state index contributed by atoms with van der Waals surface area (Å²) in [5.41, 5.74) is 1.66. The number of likely N-dealkylation sites (tertiary alicyclic amines) is 1. The van der Waals surface area contributed by atoms with Gasteiger partial charge < -0.3 is 15.4 Å². The number of carboxylic acid groups (broad SMARTS) is 1. The summed E-state index contributed by atoms with van der Waals surface area (Å²) in [7, 11) is 0. The number of carbonyl (C=O) groups is 2. The number of benzene rings is 1. The molecule has 0 radical (unpaired) electrons. The minimum Gasteiger partial charge on any atom is -0.481 e. The number of nitrogens with one attached hydrogen (secondary N) is 2. The van der Waals surface area contributed by atoms with Crippen molar-refractivity contribution in [3.63, 3.8) is 0 Å². The molecular formula is C21H27N3O3. The van der Waals surface area contributed by atoms with Gasteiger partial charge in [0.2, 0.25) is 5.91 Å². The summed E-state index contributed by atoms with van der Waals surface area (Å²) in [6.07, 6.45) is 5.44. The molecule has 1 saturated carbocycles. The van der Waals surface area contributed by atoms with E-state index in [0.717, 1.165) is 31.2 Å². The summed E-state index contributed by atoms with van der Waals surface area (Å²) in [5.74, 6) is -0.536. The fourth-order valence-electron chi connectivity index (χ4n) is 4.95. The molecule has 1 saturated heterocycles. The summed E-state index contributed by atoms with van der Waals surface area (Å²) in [6, 6.07) is 7.85. The van der Waals surface area contributed by atoms with Crippen LogP contribution in [0.1, 0.15) is 31.7 Å². The largest absolute Gasteiger partial charge is 0.481 e. The van der Waals surface area contributed by atoms with Gasteiger partial charge in [0.15, 0.2) is 0 Å². The number of para-hydroxylation sites is 1. The van der Waals surface area contributed by atoms with Crippen molar-refractivity contribution >= 4 is 22.8 Å². The normalized spacial score (nSPS) is 26.2. The number of H-pyrrole nitrogens is 1. The molecule has 27 heavy (non-hydrogen) atoms. The Hall–Kier alpha value is -2.34. The lowest BCUT2D eigenvalue weighted by molar-refractivity contribution is -0.149. The highest BCUT2D eigenvalue weighted by Gasteiger charge is 2.55. The fraction of sp³-hybridized carbons (Fsp3) is 0.524. The Labute approximate surface area is 158 Å². The van der Waals surface area contributed by atoms with Gasteiger partial charge in [-0.3, -0.25) is 14.5 Å². The van der Waals surface area contributed by atoms with Gasteiger partial charge in [0.05, 0.1) is 11.5 Å². The Morgan fingerprint density at radius 2 is 2.22 bits per heavy atom. The Bertz CT molecular complexity index is 861. The summed E-state index contributed by atoms with van der Waals surface area (Å²) >= 11 is 0. The lowest BCUT2D eigenvalue weighted by atomic mass is 9.81. The Morgan fingerprint density at radius 3 is 3.00 bits per heavy atom. The van der Waals surface area contributed by atoms with Crippen molar-refractivity contribution in [2.24, 2.45) is 11.3 Å². The third-order valence-corrected chi connectivity index (χ3v) is 6.62. The minimum atomic E-state index is -0.695. The first kappa shape index (κ1) is 18.0. The molecule has 1 unspecified atom stereocenters. The van der Waals surface area contributed by atoms with Crippen LogP contribution in [0.25, 0.3) is 10.9 Å². The number of amides is 1. The van der Waals surface area contributed by atoms with Gasteiger partial charge >= 0.3 is 5.97 Å². The number of aromatic nitrogens is 1. The van der Waals surface area contributed by atoms with Crippen LogP contribution >= 0.6 is 0 Å². The van der Waals surface area contributed by atoms with Gasteiger partial charge in [0, 0.05) is 36.7 Å². The van der Waals surface area contributed by atoms with Crippen LogP contribution < -0.4 is 5.32 Å². The highest BCUT2D eigenvalue weighted by Crippen LogP contribution is 2.49. The van der Waals surface area contributed by atoms with Crippen molar-refractivity contribution < 1.29 is 14.7 Å². The summed E-state index contributed by atoms with van der Waals surface area (Å²) < 4.78 is 0. The molecule has 6 nitrogen and oxygen atoms in total. The third-order valence-electron chi connectivity index (χ3n) is 6.62. The highest BCUT2D eigenvalue weighted by atomic mass is 16.4. The van der Waals surface area contributed by atoms with Crippen molar-refractivity contribution in [3.05, 3.63) is 36.0 Å². The Balaban J connectivity index is 1.33. The molecule has 3 atom stereocenters. The van der Waals surface area contributed by atoms with Crippen molar-refractivity contribution in [1.82, 2.24) is 15.2 Å². The monoisotopic (exact) mass is 369 g/mol. The molecule has 1 aliphatic carbocycles. The number of hydrogen-bond donors (Lipinski definition) is 3. The lowest BCUT2D eigenvalue weighted by Gasteiger charge is -2.26. The van der Waals surface area contributed by atoms with E-state index in [0.29, 0.717) is 19.6 Å². The second-order valence-electron chi connectivity index (χ2n) is 8.06. The minimum absolute atomic E-state index is 0.0182. The smallest absolute Gasteiger partial charge is 0.311 e. The predicted octanol–water partition coefficient (Wildman–Crippen LogP) is 2.40. The van der Waals surface area contributed by atoms with Crippen LogP contribution in [-0.2, 0) is 16.0 Å². The summed E-state index contributed by atoms with van der Waals surface area (Å²) in [5, 5.41) is 13.9. The van der Waals surface area contributed by atoms with E-state index < -0.39 is 11.4 Å². The topological polar surface area (TPSA) is 85.4 Å². The van der Waals surface area contributed by atoms with Gasteiger partial charge in [-0.15, -0.1) is 0 Å². The van der Waals surface area contributed by atoms with E-state index in [-0.39, 0.29) is 17.9 Å². The molecule has 1 aromatic carbocycles. The van der Waals surface area contributed by atoms with E-state index in [9.17, 15) is 14.7 Å². The zero-order chi connectivity index (χ0) is 19.0. The second kappa shape index (κ2) is 7.00. The van der Waals surface area contributed by atoms with Crippen molar-refractivity contribution in [1.29, 1.82) is 0 Å². The van der Waals surface area contributed by atoms with Crippen molar-refractivity contribution in [2.45, 2.75) is 38.6 Å². The summed E-state index contributed by atoms with van der Waals surface area (Å²) in [4.78, 5) is 29.7. The molecule has 6 heteroatoms. The molecule has 1 aromatic heterocycles. The van der Waals surface area contributed by atoms with E-state index in [2.05, 4.69) is 21.3 Å². The number of nitrogens with zero attached hydrogens (tertiary/aromatic N) is 1. The van der Waals surface area contributed by atoms with Crippen LogP contribution in [0.4, 0.5) is 0 Å². The van der Waals surface area contributed by atoms with Gasteiger partial charge in [-0.1, -0.05) is 24.6 Å². The molecule has 3 N–H and O–H groups in total. The van der Waals surface area contributed by atoms with E-state index in [1.165, 1.54) is 10.9 Å². The summed E-state index contributed by atoms with van der Waals surface area (Å²) in [6.45, 7) is 3.66. The van der Waals surface area contributed by atoms with E-state index in [1.807, 2.05) is 31.3 Å². The molecule has 1 aliphatic heterocycles. The van der Waals surface area contributed by atoms with Gasteiger partial charge in [0.25, 0.3) is 0 Å². The quantitative estimate of drug-likeness (QED) is 0.730. The number of aromatic amines is 1. The maximum absolute atomic E-state index is 12.6. The zero-order valence-corrected chi connectivity index (χ0v) is 15.7. The van der Waals surface area contributed by atoms with Crippen LogP contribution in [-0.4, -0.2) is 52.5 Å². The molecule has 2 aromatic rings. The molecule has 2 aliphatic rings. The Kier molecular flexibility index (Phi) is 4.68. The average molecular weight is 369 g/mol. The average Bonchev–Trinajstić information content (AvgIpc) is 3.33. The number of hydrogen-bond acceptors (Lipinski definition) is 3. The Morgan fingerprint density at radius 1 is 1.41 bits per heavy atom. The molecule has 0 bridgehead atoms. The first-order valence-corrected chi connectivity index (χ1v) is 9.81. The molecule has 0 spiro atoms. The SMILES string of the molecule is CC(C(=O)NCCc1c[nH]c2ccccc12)N1C[C@@H]2CCC[C@@]2(C(=O)O)C1. The zero-order valence-electron chi connectivity index (χ0n) is 15.7. The van der Waals surface area contributed by atoms with E-state index >= 15 is 0 Å². The molecule has 4 rings (SSSR count). The first-order chi connectivity index (χ1) is 13.0. The van der Waals surface area contributed by atoms with Gasteiger partial charge in [-0.2, -0.15) is 0 Å². The highest BCUT2D eigenvalue weighted by molar-refractivity contribution is 5.84. The number of fused-ring (bicyclic) bond motifs is 2. The lowest BCUT2D eigenvalue weighted by Crippen LogP contribution is -2.46. The first-order valence-electron chi connectivity index (χ1n) is 9.81. The van der Waals surface area contributed by atoms with Crippen LogP contribution in [0.15, 0.2) is 30.5 Å². The van der Waals surface area contributed by atoms with Crippen LogP contribution in [0.5, 0.6) is 0 Å². The maximum atomic E-state index is 12.6. The van der Waals surface area contributed by atoms with Crippen molar-refractivity contribution in [2.75, 3.05) is 19.6 Å². The van der Waals surface area contributed by atoms with Gasteiger partial charge in [-0.05, 0) is 43.7 Å².